The molecule has 6 heteroatoms. The number of anilines is 3. The Labute approximate surface area is 171 Å². The number of nitrogens with one attached hydrogen (secondary N) is 2. The quantitative estimate of drug-likeness (QED) is 0.774. The van der Waals surface area contributed by atoms with E-state index >= 15 is 0 Å². The molecule has 1 fully saturated rings. The molecular formula is C23H27N3O3. The zero-order valence-electron chi connectivity index (χ0n) is 17.1. The predicted molar refractivity (Wildman–Crippen MR) is 115 cm³/mol. The maximum atomic E-state index is 12.6. The summed E-state index contributed by atoms with van der Waals surface area (Å²) in [6.07, 6.45) is 1.26. The van der Waals surface area contributed by atoms with Gasteiger partial charge in [0.05, 0.1) is 5.92 Å². The minimum absolute atomic E-state index is 0.0394. The van der Waals surface area contributed by atoms with Crippen LogP contribution in [-0.2, 0) is 14.4 Å². The lowest BCUT2D eigenvalue weighted by atomic mass is 9.98. The zero-order valence-corrected chi connectivity index (χ0v) is 17.1. The second-order valence-electron chi connectivity index (χ2n) is 7.55. The Bertz CT molecular complexity index is 891. The van der Waals surface area contributed by atoms with Crippen LogP contribution in [0.3, 0.4) is 0 Å². The molecule has 0 aliphatic carbocycles. The predicted octanol–water partition coefficient (Wildman–Crippen LogP) is 4.15. The summed E-state index contributed by atoms with van der Waals surface area (Å²) in [5.41, 5.74) is 3.38. The van der Waals surface area contributed by atoms with E-state index in [2.05, 4.69) is 36.6 Å². The normalized spacial score (nSPS) is 17.1. The van der Waals surface area contributed by atoms with Gasteiger partial charge in [0.1, 0.15) is 0 Å². The molecule has 3 amide bonds. The number of amides is 3. The molecule has 6 nitrogen and oxygen atoms in total. The fraction of sp³-hybridized carbons (Fsp3) is 0.348. The first-order valence-corrected chi connectivity index (χ1v) is 9.96. The first-order chi connectivity index (χ1) is 13.9. The molecule has 1 aliphatic heterocycles. The number of nitrogens with zero attached hydrogens (tertiary/aromatic N) is 1. The number of rotatable bonds is 6. The second kappa shape index (κ2) is 8.90. The molecule has 0 bridgehead atoms. The van der Waals surface area contributed by atoms with Gasteiger partial charge in [0.2, 0.25) is 17.7 Å². The van der Waals surface area contributed by atoms with E-state index in [1.54, 1.807) is 29.2 Å². The highest BCUT2D eigenvalue weighted by molar-refractivity contribution is 6.03. The van der Waals surface area contributed by atoms with E-state index in [4.69, 9.17) is 0 Å². The summed E-state index contributed by atoms with van der Waals surface area (Å²) >= 11 is 0. The van der Waals surface area contributed by atoms with Gasteiger partial charge in [-0.1, -0.05) is 26.0 Å². The van der Waals surface area contributed by atoms with E-state index in [0.29, 0.717) is 23.8 Å². The van der Waals surface area contributed by atoms with Crippen LogP contribution < -0.4 is 15.5 Å². The third kappa shape index (κ3) is 5.02. The summed E-state index contributed by atoms with van der Waals surface area (Å²) in [6, 6.07) is 14.9. The van der Waals surface area contributed by atoms with Crippen LogP contribution in [0.5, 0.6) is 0 Å². The maximum Gasteiger partial charge on any atom is 0.229 e. The van der Waals surface area contributed by atoms with E-state index < -0.39 is 5.92 Å². The van der Waals surface area contributed by atoms with Crippen LogP contribution in [0.25, 0.3) is 0 Å². The van der Waals surface area contributed by atoms with Crippen LogP contribution in [0.1, 0.15) is 45.1 Å². The average molecular weight is 393 g/mol. The van der Waals surface area contributed by atoms with Gasteiger partial charge in [-0.25, -0.2) is 0 Å². The minimum atomic E-state index is -0.397. The highest BCUT2D eigenvalue weighted by Crippen LogP contribution is 2.28. The number of carbonyl (C=O) groups is 3. The van der Waals surface area contributed by atoms with Gasteiger partial charge in [-0.15, -0.1) is 0 Å². The summed E-state index contributed by atoms with van der Waals surface area (Å²) in [5.74, 6) is -0.281. The third-order valence-electron chi connectivity index (χ3n) is 5.35. The third-order valence-corrected chi connectivity index (χ3v) is 5.35. The summed E-state index contributed by atoms with van der Waals surface area (Å²) in [5, 5.41) is 5.54. The van der Waals surface area contributed by atoms with E-state index in [-0.39, 0.29) is 24.1 Å². The smallest absolute Gasteiger partial charge is 0.229 e. The van der Waals surface area contributed by atoms with Crippen molar-refractivity contribution >= 4 is 34.8 Å². The Morgan fingerprint density at radius 1 is 1.03 bits per heavy atom. The standard InChI is InChI=1S/C23H27N3O3/c1-4-15(2)17-5-11-21(12-6-17)26-14-18(13-22(26)28)23(29)25-20-9-7-19(8-10-20)24-16(3)27/h5-12,15,18H,4,13-14H2,1-3H3,(H,24,27)(H,25,29)/t15-,18-/m1/s1. The molecule has 1 aliphatic rings. The molecule has 0 radical (unpaired) electrons. The van der Waals surface area contributed by atoms with Crippen LogP contribution in [-0.4, -0.2) is 24.3 Å². The fourth-order valence-corrected chi connectivity index (χ4v) is 3.44. The van der Waals surface area contributed by atoms with Gasteiger partial charge < -0.3 is 15.5 Å². The van der Waals surface area contributed by atoms with E-state index in [0.717, 1.165) is 12.1 Å². The first-order valence-electron chi connectivity index (χ1n) is 9.96. The number of benzene rings is 2. The summed E-state index contributed by atoms with van der Waals surface area (Å²) in [7, 11) is 0. The Balaban J connectivity index is 1.62. The lowest BCUT2D eigenvalue weighted by Gasteiger charge is -2.18. The highest BCUT2D eigenvalue weighted by Gasteiger charge is 2.35. The van der Waals surface area contributed by atoms with Crippen molar-refractivity contribution in [3.63, 3.8) is 0 Å². The van der Waals surface area contributed by atoms with E-state index in [9.17, 15) is 14.4 Å². The molecule has 1 heterocycles. The van der Waals surface area contributed by atoms with E-state index in [1.807, 2.05) is 12.1 Å². The molecule has 3 rings (SSSR count). The van der Waals surface area contributed by atoms with Crippen molar-refractivity contribution in [1.29, 1.82) is 0 Å². The fourth-order valence-electron chi connectivity index (χ4n) is 3.44. The minimum Gasteiger partial charge on any atom is -0.326 e. The van der Waals surface area contributed by atoms with Gasteiger partial charge >= 0.3 is 0 Å². The summed E-state index contributed by atoms with van der Waals surface area (Å²) < 4.78 is 0. The molecule has 2 aromatic carbocycles. The van der Waals surface area contributed by atoms with Gasteiger partial charge in [-0.2, -0.15) is 0 Å². The van der Waals surface area contributed by atoms with Gasteiger partial charge in [0.15, 0.2) is 0 Å². The van der Waals surface area contributed by atoms with Crippen molar-refractivity contribution in [2.24, 2.45) is 5.92 Å². The Kier molecular flexibility index (Phi) is 6.32. The van der Waals surface area contributed by atoms with Crippen LogP contribution in [0, 0.1) is 5.92 Å². The largest absolute Gasteiger partial charge is 0.326 e. The topological polar surface area (TPSA) is 78.5 Å². The van der Waals surface area contributed by atoms with Crippen molar-refractivity contribution in [2.45, 2.75) is 39.5 Å². The number of hydrogen-bond acceptors (Lipinski definition) is 3. The molecule has 152 valence electrons. The molecule has 2 aromatic rings. The van der Waals surface area contributed by atoms with Crippen molar-refractivity contribution < 1.29 is 14.4 Å². The average Bonchev–Trinajstić information content (AvgIpc) is 3.10. The molecule has 2 N–H and O–H groups in total. The van der Waals surface area contributed by atoms with Crippen LogP contribution in [0.15, 0.2) is 48.5 Å². The highest BCUT2D eigenvalue weighted by atomic mass is 16.2. The van der Waals surface area contributed by atoms with Crippen molar-refractivity contribution in [3.8, 4) is 0 Å². The molecule has 29 heavy (non-hydrogen) atoms. The first kappa shape index (κ1) is 20.6. The number of hydrogen-bond donors (Lipinski definition) is 2. The molecule has 0 unspecified atom stereocenters. The van der Waals surface area contributed by atoms with Crippen molar-refractivity contribution in [1.82, 2.24) is 0 Å². The molecule has 2 atom stereocenters. The Morgan fingerprint density at radius 2 is 1.62 bits per heavy atom. The SMILES string of the molecule is CC[C@@H](C)c1ccc(N2C[C@H](C(=O)Nc3ccc(NC(C)=O)cc3)CC2=O)cc1. The maximum absolute atomic E-state index is 12.6. The monoisotopic (exact) mass is 393 g/mol. The Morgan fingerprint density at radius 3 is 2.17 bits per heavy atom. The molecule has 0 aromatic heterocycles. The van der Waals surface area contributed by atoms with Crippen LogP contribution in [0.4, 0.5) is 17.1 Å². The molecule has 1 saturated heterocycles. The van der Waals surface area contributed by atoms with E-state index in [1.165, 1.54) is 12.5 Å². The van der Waals surface area contributed by atoms with Crippen LogP contribution in [0.2, 0.25) is 0 Å². The summed E-state index contributed by atoms with van der Waals surface area (Å²) in [6.45, 7) is 6.14. The molecular weight excluding hydrogens is 366 g/mol. The van der Waals surface area contributed by atoms with Gasteiger partial charge in [0, 0.05) is 37.0 Å². The van der Waals surface area contributed by atoms with Crippen LogP contribution >= 0.6 is 0 Å². The zero-order chi connectivity index (χ0) is 21.0. The molecule has 0 saturated carbocycles. The summed E-state index contributed by atoms with van der Waals surface area (Å²) in [4.78, 5) is 37.9. The second-order valence-corrected chi connectivity index (χ2v) is 7.55. The lowest BCUT2D eigenvalue weighted by Crippen LogP contribution is -2.28. The van der Waals surface area contributed by atoms with Gasteiger partial charge in [-0.05, 0) is 54.3 Å². The van der Waals surface area contributed by atoms with Crippen molar-refractivity contribution in [3.05, 3.63) is 54.1 Å². The van der Waals surface area contributed by atoms with Gasteiger partial charge in [0.25, 0.3) is 0 Å². The van der Waals surface area contributed by atoms with Gasteiger partial charge in [-0.3, -0.25) is 14.4 Å². The Hall–Kier alpha value is -3.15. The molecule has 0 spiro atoms. The lowest BCUT2D eigenvalue weighted by molar-refractivity contribution is -0.122. The number of carbonyl (C=O) groups excluding carboxylic acids is 3. The van der Waals surface area contributed by atoms with Crippen molar-refractivity contribution in [2.75, 3.05) is 22.1 Å².